The third kappa shape index (κ3) is 1.26. The first-order valence-corrected chi connectivity index (χ1v) is 3.71. The molecule has 0 aromatic carbocycles. The molecule has 62 valence electrons. The predicted molar refractivity (Wildman–Crippen MR) is 42.9 cm³/mol. The first-order chi connectivity index (χ1) is 4.89. The van der Waals surface area contributed by atoms with Gasteiger partial charge in [0.1, 0.15) is 0 Å². The van der Waals surface area contributed by atoms with Gasteiger partial charge < -0.3 is 9.47 Å². The minimum Gasteiger partial charge on any atom is -0.333 e. The van der Waals surface area contributed by atoms with Gasteiger partial charge in [-0.2, -0.15) is 0 Å². The maximum Gasteiger partial charge on any atom is 0.223 e. The van der Waals surface area contributed by atoms with Crippen molar-refractivity contribution in [3.8, 4) is 12.3 Å². The van der Waals surface area contributed by atoms with Crippen molar-refractivity contribution < 1.29 is 9.47 Å². The Hall–Kier alpha value is -0.520. The lowest BCUT2D eigenvalue weighted by Crippen LogP contribution is -2.41. The summed E-state index contributed by atoms with van der Waals surface area (Å²) in [6.45, 7) is 7.91. The van der Waals surface area contributed by atoms with Gasteiger partial charge in [0.05, 0.1) is 11.2 Å². The van der Waals surface area contributed by atoms with E-state index >= 15 is 0 Å². The van der Waals surface area contributed by atoms with Crippen LogP contribution in [0.2, 0.25) is 0 Å². The molecule has 0 amide bonds. The minimum atomic E-state index is -0.486. The first-order valence-electron chi connectivity index (χ1n) is 3.71. The number of hydrogen-bond donors (Lipinski definition) is 0. The molecule has 0 radical (unpaired) electrons. The molecule has 0 N–H and O–H groups in total. The van der Waals surface area contributed by atoms with E-state index in [1.165, 1.54) is 0 Å². The molecule has 0 unspecified atom stereocenters. The maximum atomic E-state index is 5.45. The van der Waals surface area contributed by atoms with E-state index in [9.17, 15) is 0 Å². The van der Waals surface area contributed by atoms with Crippen molar-refractivity contribution in [3.63, 3.8) is 0 Å². The van der Waals surface area contributed by atoms with Crippen molar-refractivity contribution in [2.45, 2.75) is 45.2 Å². The van der Waals surface area contributed by atoms with Gasteiger partial charge in [-0.3, -0.25) is 0 Å². The van der Waals surface area contributed by atoms with Crippen molar-refractivity contribution in [1.82, 2.24) is 0 Å². The summed E-state index contributed by atoms with van der Waals surface area (Å²) in [6, 6.07) is 0. The molecule has 1 rings (SSSR count). The van der Waals surface area contributed by atoms with E-state index < -0.39 is 6.29 Å². The Bertz CT molecular complexity index is 182. The third-order valence-corrected chi connectivity index (χ3v) is 2.39. The largest absolute Gasteiger partial charge is 0.333 e. The number of hydrogen-bond acceptors (Lipinski definition) is 2. The predicted octanol–water partition coefficient (Wildman–Crippen LogP) is 1.55. The van der Waals surface area contributed by atoms with Crippen LogP contribution in [0.1, 0.15) is 27.7 Å². The Morgan fingerprint density at radius 1 is 1.09 bits per heavy atom. The highest BCUT2D eigenvalue weighted by molar-refractivity contribution is 5.02. The van der Waals surface area contributed by atoms with E-state index in [4.69, 9.17) is 15.9 Å². The maximum absolute atomic E-state index is 5.45. The fourth-order valence-corrected chi connectivity index (χ4v) is 0.911. The zero-order chi connectivity index (χ0) is 8.70. The molecule has 2 nitrogen and oxygen atoms in total. The zero-order valence-corrected chi connectivity index (χ0v) is 7.47. The van der Waals surface area contributed by atoms with Crippen molar-refractivity contribution in [3.05, 3.63) is 0 Å². The number of terminal acetylenes is 1. The molecule has 1 fully saturated rings. The van der Waals surface area contributed by atoms with Crippen LogP contribution in [0.4, 0.5) is 0 Å². The van der Waals surface area contributed by atoms with Crippen molar-refractivity contribution in [1.29, 1.82) is 0 Å². The highest BCUT2D eigenvalue weighted by Crippen LogP contribution is 2.37. The van der Waals surface area contributed by atoms with Crippen LogP contribution < -0.4 is 0 Å². The molecular formula is C9H14O2. The fourth-order valence-electron chi connectivity index (χ4n) is 0.911. The number of ether oxygens (including phenoxy) is 2. The molecule has 1 aliphatic heterocycles. The summed E-state index contributed by atoms with van der Waals surface area (Å²) in [5.41, 5.74) is -0.603. The van der Waals surface area contributed by atoms with E-state index in [2.05, 4.69) is 5.92 Å². The standard InChI is InChI=1S/C9H14O2/c1-6-7-10-8(2,3)9(4,5)11-7/h1,7H,2-5H3. The summed E-state index contributed by atoms with van der Waals surface area (Å²) in [6.07, 6.45) is 4.69. The fraction of sp³-hybridized carbons (Fsp3) is 0.778. The second-order valence-corrected chi connectivity index (χ2v) is 3.75. The summed E-state index contributed by atoms with van der Waals surface area (Å²) >= 11 is 0. The molecular weight excluding hydrogens is 140 g/mol. The van der Waals surface area contributed by atoms with Gasteiger partial charge >= 0.3 is 0 Å². The Morgan fingerprint density at radius 2 is 1.45 bits per heavy atom. The van der Waals surface area contributed by atoms with Crippen LogP contribution in [0.3, 0.4) is 0 Å². The lowest BCUT2D eigenvalue weighted by atomic mass is 9.90. The molecule has 0 aromatic rings. The molecule has 0 aliphatic carbocycles. The van der Waals surface area contributed by atoms with E-state index in [1.807, 2.05) is 27.7 Å². The summed E-state index contributed by atoms with van der Waals surface area (Å²) in [5, 5.41) is 0. The minimum absolute atomic E-state index is 0.302. The molecule has 0 bridgehead atoms. The molecule has 2 heteroatoms. The van der Waals surface area contributed by atoms with Crippen LogP contribution in [0.25, 0.3) is 0 Å². The quantitative estimate of drug-likeness (QED) is 0.493. The summed E-state index contributed by atoms with van der Waals surface area (Å²) in [4.78, 5) is 0. The second-order valence-electron chi connectivity index (χ2n) is 3.75. The smallest absolute Gasteiger partial charge is 0.223 e. The lowest BCUT2D eigenvalue weighted by Gasteiger charge is -2.30. The summed E-state index contributed by atoms with van der Waals surface area (Å²) in [7, 11) is 0. The highest BCUT2D eigenvalue weighted by Gasteiger charge is 2.48. The Kier molecular flexibility index (Phi) is 1.74. The van der Waals surface area contributed by atoms with Crippen LogP contribution in [0, 0.1) is 12.3 Å². The molecule has 1 saturated heterocycles. The van der Waals surface area contributed by atoms with E-state index in [0.29, 0.717) is 0 Å². The van der Waals surface area contributed by atoms with Gasteiger partial charge in [0.25, 0.3) is 0 Å². The monoisotopic (exact) mass is 154 g/mol. The molecule has 0 spiro atoms. The molecule has 0 atom stereocenters. The van der Waals surface area contributed by atoms with E-state index in [1.54, 1.807) is 0 Å². The van der Waals surface area contributed by atoms with Crippen LogP contribution in [0.5, 0.6) is 0 Å². The molecule has 1 aliphatic rings. The van der Waals surface area contributed by atoms with Crippen LogP contribution >= 0.6 is 0 Å². The van der Waals surface area contributed by atoms with Gasteiger partial charge in [-0.05, 0) is 33.6 Å². The SMILES string of the molecule is C#CC1OC(C)(C)C(C)(C)O1. The molecule has 1 heterocycles. The summed E-state index contributed by atoms with van der Waals surface area (Å²) in [5.74, 6) is 2.43. The first kappa shape index (κ1) is 8.58. The third-order valence-electron chi connectivity index (χ3n) is 2.39. The Balaban J connectivity index is 2.82. The van der Waals surface area contributed by atoms with Crippen molar-refractivity contribution >= 4 is 0 Å². The number of rotatable bonds is 0. The van der Waals surface area contributed by atoms with Crippen LogP contribution in [-0.4, -0.2) is 17.5 Å². The normalized spacial score (nSPS) is 28.3. The highest BCUT2D eigenvalue weighted by atomic mass is 16.7. The molecule has 11 heavy (non-hydrogen) atoms. The molecule has 0 saturated carbocycles. The topological polar surface area (TPSA) is 18.5 Å². The van der Waals surface area contributed by atoms with Gasteiger partial charge in [-0.25, -0.2) is 0 Å². The zero-order valence-electron chi connectivity index (χ0n) is 7.47. The van der Waals surface area contributed by atoms with Gasteiger partial charge in [0.2, 0.25) is 6.29 Å². The van der Waals surface area contributed by atoms with E-state index in [0.717, 1.165) is 0 Å². The lowest BCUT2D eigenvalue weighted by molar-refractivity contribution is -0.0433. The molecule has 0 aromatic heterocycles. The average molecular weight is 154 g/mol. The van der Waals surface area contributed by atoms with E-state index in [-0.39, 0.29) is 11.2 Å². The second kappa shape index (κ2) is 2.23. The van der Waals surface area contributed by atoms with Crippen LogP contribution in [-0.2, 0) is 9.47 Å². The van der Waals surface area contributed by atoms with Gasteiger partial charge in [-0.1, -0.05) is 0 Å². The van der Waals surface area contributed by atoms with Gasteiger partial charge in [-0.15, -0.1) is 6.42 Å². The van der Waals surface area contributed by atoms with Crippen LogP contribution in [0.15, 0.2) is 0 Å². The summed E-state index contributed by atoms with van der Waals surface area (Å²) < 4.78 is 10.9. The van der Waals surface area contributed by atoms with Crippen molar-refractivity contribution in [2.75, 3.05) is 0 Å². The van der Waals surface area contributed by atoms with Gasteiger partial charge in [0, 0.05) is 0 Å². The van der Waals surface area contributed by atoms with Crippen molar-refractivity contribution in [2.24, 2.45) is 0 Å². The average Bonchev–Trinajstić information content (AvgIpc) is 2.03. The Morgan fingerprint density at radius 3 is 1.64 bits per heavy atom. The Labute approximate surface area is 67.9 Å². The van der Waals surface area contributed by atoms with Gasteiger partial charge in [0.15, 0.2) is 0 Å².